The summed E-state index contributed by atoms with van der Waals surface area (Å²) in [6, 6.07) is 23.4. The van der Waals surface area contributed by atoms with Crippen molar-refractivity contribution in [1.29, 1.82) is 0 Å². The van der Waals surface area contributed by atoms with Crippen molar-refractivity contribution in [2.45, 2.75) is 32.4 Å². The fraction of sp³-hybridized carbons (Fsp3) is 0.296. The van der Waals surface area contributed by atoms with Crippen LogP contribution in [0.5, 0.6) is 11.5 Å². The summed E-state index contributed by atoms with van der Waals surface area (Å²) in [6.07, 6.45) is 1.81. The SMILES string of the molecule is COc1cc(CN2CCC(N(C(=O)c3ccccc3)c3ccc(C)cc3)CC2)ccc1O. The number of hydrogen-bond donors (Lipinski definition) is 1. The molecule has 3 aromatic carbocycles. The van der Waals surface area contributed by atoms with Crippen molar-refractivity contribution in [1.82, 2.24) is 4.90 Å². The Morgan fingerprint density at radius 3 is 2.38 bits per heavy atom. The highest BCUT2D eigenvalue weighted by Gasteiger charge is 2.30. The monoisotopic (exact) mass is 430 g/mol. The lowest BCUT2D eigenvalue weighted by Crippen LogP contribution is -2.47. The summed E-state index contributed by atoms with van der Waals surface area (Å²) in [7, 11) is 1.56. The lowest BCUT2D eigenvalue weighted by atomic mass is 10.00. The first-order valence-corrected chi connectivity index (χ1v) is 11.1. The fourth-order valence-corrected chi connectivity index (χ4v) is 4.33. The number of phenols is 1. The van der Waals surface area contributed by atoms with Crippen LogP contribution < -0.4 is 9.64 Å². The van der Waals surface area contributed by atoms with Gasteiger partial charge in [-0.3, -0.25) is 9.69 Å². The Labute approximate surface area is 189 Å². The van der Waals surface area contributed by atoms with Gasteiger partial charge >= 0.3 is 0 Å². The molecule has 32 heavy (non-hydrogen) atoms. The highest BCUT2D eigenvalue weighted by atomic mass is 16.5. The maximum atomic E-state index is 13.5. The molecular formula is C27H30N2O3. The first kappa shape index (κ1) is 21.9. The Kier molecular flexibility index (Phi) is 6.76. The summed E-state index contributed by atoms with van der Waals surface area (Å²) in [5.74, 6) is 0.704. The van der Waals surface area contributed by atoms with E-state index in [9.17, 15) is 9.90 Å². The number of ether oxygens (including phenoxy) is 1. The van der Waals surface area contributed by atoms with Crippen LogP contribution in [0.1, 0.15) is 34.3 Å². The van der Waals surface area contributed by atoms with E-state index in [-0.39, 0.29) is 17.7 Å². The van der Waals surface area contributed by atoms with Crippen LogP contribution in [0.4, 0.5) is 5.69 Å². The molecule has 1 fully saturated rings. The number of nitrogens with zero attached hydrogens (tertiary/aromatic N) is 2. The second-order valence-electron chi connectivity index (χ2n) is 8.39. The molecule has 0 unspecified atom stereocenters. The third kappa shape index (κ3) is 4.94. The van der Waals surface area contributed by atoms with E-state index in [1.165, 1.54) is 5.56 Å². The number of aromatic hydroxyl groups is 1. The second kappa shape index (κ2) is 9.88. The molecule has 0 aromatic heterocycles. The standard InChI is InChI=1S/C27H30N2O3/c1-20-8-11-23(12-9-20)29(27(31)22-6-4-3-5-7-22)24-14-16-28(17-15-24)19-21-10-13-25(30)26(18-21)32-2/h3-13,18,24,30H,14-17,19H2,1-2H3. The third-order valence-electron chi connectivity index (χ3n) is 6.12. The summed E-state index contributed by atoms with van der Waals surface area (Å²) in [5, 5.41) is 9.83. The van der Waals surface area contributed by atoms with E-state index in [1.54, 1.807) is 13.2 Å². The highest BCUT2D eigenvalue weighted by molar-refractivity contribution is 6.06. The molecule has 0 saturated carbocycles. The number of likely N-dealkylation sites (tertiary alicyclic amines) is 1. The van der Waals surface area contributed by atoms with Crippen molar-refractivity contribution >= 4 is 11.6 Å². The van der Waals surface area contributed by atoms with Crippen molar-refractivity contribution in [3.05, 3.63) is 89.5 Å². The van der Waals surface area contributed by atoms with Gasteiger partial charge in [-0.15, -0.1) is 0 Å². The van der Waals surface area contributed by atoms with Gasteiger partial charge in [0.05, 0.1) is 7.11 Å². The molecule has 0 atom stereocenters. The van der Waals surface area contributed by atoms with Crippen LogP contribution in [-0.4, -0.2) is 42.2 Å². The van der Waals surface area contributed by atoms with Crippen molar-refractivity contribution < 1.29 is 14.6 Å². The number of rotatable bonds is 6. The zero-order chi connectivity index (χ0) is 22.5. The first-order chi connectivity index (χ1) is 15.5. The average Bonchev–Trinajstić information content (AvgIpc) is 2.83. The number of anilines is 1. The molecule has 4 rings (SSSR count). The minimum absolute atomic E-state index is 0.0520. The van der Waals surface area contributed by atoms with E-state index in [0.717, 1.165) is 43.7 Å². The van der Waals surface area contributed by atoms with Gasteiger partial charge in [-0.25, -0.2) is 0 Å². The summed E-state index contributed by atoms with van der Waals surface area (Å²) in [4.78, 5) is 17.9. The van der Waals surface area contributed by atoms with E-state index >= 15 is 0 Å². The van der Waals surface area contributed by atoms with Gasteiger partial charge in [-0.05, 0) is 61.7 Å². The molecule has 1 N–H and O–H groups in total. The van der Waals surface area contributed by atoms with E-state index in [0.29, 0.717) is 11.3 Å². The molecule has 0 spiro atoms. The Morgan fingerprint density at radius 1 is 1.03 bits per heavy atom. The van der Waals surface area contributed by atoms with E-state index < -0.39 is 0 Å². The number of phenolic OH excluding ortho intramolecular Hbond substituents is 1. The van der Waals surface area contributed by atoms with Gasteiger partial charge in [0.2, 0.25) is 0 Å². The van der Waals surface area contributed by atoms with Crippen molar-refractivity contribution in [3.8, 4) is 11.5 Å². The van der Waals surface area contributed by atoms with Crippen LogP contribution in [0.2, 0.25) is 0 Å². The molecule has 1 heterocycles. The molecule has 1 aliphatic rings. The predicted octanol–water partition coefficient (Wildman–Crippen LogP) is 5.02. The highest BCUT2D eigenvalue weighted by Crippen LogP contribution is 2.29. The van der Waals surface area contributed by atoms with Crippen LogP contribution in [0.15, 0.2) is 72.8 Å². The summed E-state index contributed by atoms with van der Waals surface area (Å²) in [5.41, 5.74) is 3.95. The lowest BCUT2D eigenvalue weighted by Gasteiger charge is -2.38. The van der Waals surface area contributed by atoms with Gasteiger partial charge in [0, 0.05) is 36.9 Å². The molecule has 1 saturated heterocycles. The Hall–Kier alpha value is -3.31. The quantitative estimate of drug-likeness (QED) is 0.597. The van der Waals surface area contributed by atoms with Gasteiger partial charge in [-0.2, -0.15) is 0 Å². The molecule has 0 radical (unpaired) electrons. The summed E-state index contributed by atoms with van der Waals surface area (Å²) < 4.78 is 5.24. The number of carbonyl (C=O) groups excluding carboxylic acids is 1. The molecule has 5 heteroatoms. The molecule has 0 aliphatic carbocycles. The zero-order valence-corrected chi connectivity index (χ0v) is 18.7. The Balaban J connectivity index is 1.49. The maximum absolute atomic E-state index is 13.5. The number of carbonyl (C=O) groups is 1. The summed E-state index contributed by atoms with van der Waals surface area (Å²) in [6.45, 7) is 4.65. The summed E-state index contributed by atoms with van der Waals surface area (Å²) >= 11 is 0. The van der Waals surface area contributed by atoms with Crippen molar-refractivity contribution in [3.63, 3.8) is 0 Å². The van der Waals surface area contributed by atoms with Crippen molar-refractivity contribution in [2.75, 3.05) is 25.1 Å². The topological polar surface area (TPSA) is 53.0 Å². The Morgan fingerprint density at radius 2 is 1.72 bits per heavy atom. The molecule has 1 amide bonds. The van der Waals surface area contributed by atoms with Gasteiger partial charge in [0.1, 0.15) is 0 Å². The largest absolute Gasteiger partial charge is 0.504 e. The number of methoxy groups -OCH3 is 1. The molecular weight excluding hydrogens is 400 g/mol. The zero-order valence-electron chi connectivity index (χ0n) is 18.7. The normalized spacial score (nSPS) is 14.8. The molecule has 166 valence electrons. The van der Waals surface area contributed by atoms with Gasteiger partial charge in [0.25, 0.3) is 5.91 Å². The molecule has 3 aromatic rings. The smallest absolute Gasteiger partial charge is 0.258 e. The second-order valence-corrected chi connectivity index (χ2v) is 8.39. The number of aryl methyl sites for hydroxylation is 1. The molecule has 0 bridgehead atoms. The van der Waals surface area contributed by atoms with E-state index in [1.807, 2.05) is 59.5 Å². The molecule has 5 nitrogen and oxygen atoms in total. The van der Waals surface area contributed by atoms with Gasteiger partial charge in [-0.1, -0.05) is 42.0 Å². The Bertz CT molecular complexity index is 1040. The van der Waals surface area contributed by atoms with E-state index in [4.69, 9.17) is 4.74 Å². The van der Waals surface area contributed by atoms with E-state index in [2.05, 4.69) is 24.0 Å². The molecule has 1 aliphatic heterocycles. The van der Waals surface area contributed by atoms with Crippen LogP contribution in [-0.2, 0) is 6.54 Å². The van der Waals surface area contributed by atoms with Crippen LogP contribution in [0, 0.1) is 6.92 Å². The fourth-order valence-electron chi connectivity index (χ4n) is 4.33. The third-order valence-corrected chi connectivity index (χ3v) is 6.12. The minimum Gasteiger partial charge on any atom is -0.504 e. The van der Waals surface area contributed by atoms with Gasteiger partial charge < -0.3 is 14.7 Å². The minimum atomic E-state index is 0.0520. The van der Waals surface area contributed by atoms with Gasteiger partial charge in [0.15, 0.2) is 11.5 Å². The first-order valence-electron chi connectivity index (χ1n) is 11.1. The number of amides is 1. The van der Waals surface area contributed by atoms with Crippen LogP contribution in [0.3, 0.4) is 0 Å². The average molecular weight is 431 g/mol. The number of piperidine rings is 1. The van der Waals surface area contributed by atoms with Crippen LogP contribution in [0.25, 0.3) is 0 Å². The van der Waals surface area contributed by atoms with Crippen molar-refractivity contribution in [2.24, 2.45) is 0 Å². The maximum Gasteiger partial charge on any atom is 0.258 e. The lowest BCUT2D eigenvalue weighted by molar-refractivity contribution is 0.0958. The number of hydrogen-bond acceptors (Lipinski definition) is 4. The van der Waals surface area contributed by atoms with Crippen LogP contribution >= 0.6 is 0 Å². The predicted molar refractivity (Wildman–Crippen MR) is 127 cm³/mol. The number of benzene rings is 3.